The van der Waals surface area contributed by atoms with Gasteiger partial charge in [-0.3, -0.25) is 0 Å². The van der Waals surface area contributed by atoms with E-state index in [1.54, 1.807) is 18.3 Å². The Morgan fingerprint density at radius 1 is 0.756 bits per heavy atom. The van der Waals surface area contributed by atoms with Crippen LogP contribution in [-0.2, 0) is 21.1 Å². The molecule has 0 radical (unpaired) electrons. The molecule has 4 heterocycles. The predicted octanol–water partition coefficient (Wildman–Crippen LogP) is 8.41. The van der Waals surface area contributed by atoms with Gasteiger partial charge in [0, 0.05) is 67.1 Å². The number of aromatic nitrogens is 1. The number of nitrogens with zero attached hydrogens (tertiary/aromatic N) is 3. The van der Waals surface area contributed by atoms with Crippen LogP contribution in [0.25, 0.3) is 43.9 Å². The number of rotatable bonds is 5. The third-order valence-corrected chi connectivity index (χ3v) is 6.81. The second-order valence-corrected chi connectivity index (χ2v) is 9.48. The number of anilines is 1. The van der Waals surface area contributed by atoms with Crippen molar-refractivity contribution in [1.29, 1.82) is 0 Å². The van der Waals surface area contributed by atoms with Gasteiger partial charge >= 0.3 is 0 Å². The summed E-state index contributed by atoms with van der Waals surface area (Å²) < 4.78 is 25.1. The van der Waals surface area contributed by atoms with Crippen molar-refractivity contribution < 1.29 is 39.4 Å². The van der Waals surface area contributed by atoms with Crippen LogP contribution in [-0.4, -0.2) is 16.9 Å². The summed E-state index contributed by atoms with van der Waals surface area (Å²) in [5, 5.41) is 3.62. The number of ether oxygens (including phenoxy) is 2. The Hall–Kier alpha value is -4.74. The van der Waals surface area contributed by atoms with Crippen LogP contribution in [0.1, 0.15) is 0 Å². The van der Waals surface area contributed by atoms with Gasteiger partial charge < -0.3 is 28.1 Å². The predicted molar refractivity (Wildman–Crippen MR) is 153 cm³/mol. The number of hydrogen-bond acceptors (Lipinski definition) is 7. The monoisotopic (exact) mass is 717 g/mol. The summed E-state index contributed by atoms with van der Waals surface area (Å²) in [6.07, 6.45) is 5.59. The van der Waals surface area contributed by atoms with Crippen molar-refractivity contribution >= 4 is 49.6 Å². The van der Waals surface area contributed by atoms with E-state index >= 15 is 0 Å². The summed E-state index contributed by atoms with van der Waals surface area (Å²) in [6, 6.07) is 31.8. The van der Waals surface area contributed by atoms with Crippen molar-refractivity contribution in [2.75, 3.05) is 11.9 Å². The number of hydrogen-bond donors (Lipinski definition) is 0. The van der Waals surface area contributed by atoms with Gasteiger partial charge in [-0.15, -0.1) is 12.1 Å². The summed E-state index contributed by atoms with van der Waals surface area (Å²) in [5.74, 6) is 1.83. The van der Waals surface area contributed by atoms with Crippen LogP contribution in [0.5, 0.6) is 23.1 Å². The molecule has 0 fully saturated rings. The largest absolute Gasteiger partial charge is 0.514 e. The molecule has 4 aromatic carbocycles. The van der Waals surface area contributed by atoms with Crippen LogP contribution >= 0.6 is 0 Å². The molecule has 0 aliphatic carbocycles. The van der Waals surface area contributed by atoms with Crippen LogP contribution in [0, 0.1) is 18.8 Å². The normalized spacial score (nSPS) is 13.0. The second-order valence-electron chi connectivity index (χ2n) is 9.48. The Morgan fingerprint density at radius 2 is 1.51 bits per heavy atom. The van der Waals surface area contributed by atoms with Crippen molar-refractivity contribution in [3.05, 3.63) is 116 Å². The van der Waals surface area contributed by atoms with Crippen molar-refractivity contribution in [3.63, 3.8) is 0 Å². The molecule has 204 valence electrons. The van der Waals surface area contributed by atoms with E-state index in [1.807, 2.05) is 103 Å². The fraction of sp³-hybridized carbons (Fsp3) is 0.0303. The Bertz CT molecular complexity index is 2080. The van der Waals surface area contributed by atoms with Gasteiger partial charge in [-0.25, -0.2) is 4.98 Å². The van der Waals surface area contributed by atoms with Gasteiger partial charge in [-0.2, -0.15) is 6.67 Å². The molecular weight excluding hydrogens is 697 g/mol. The van der Waals surface area contributed by atoms with E-state index < -0.39 is 0 Å². The van der Waals surface area contributed by atoms with Gasteiger partial charge in [-0.1, -0.05) is 65.7 Å². The van der Waals surface area contributed by atoms with E-state index in [0.29, 0.717) is 28.7 Å². The van der Waals surface area contributed by atoms with Crippen molar-refractivity contribution in [2.45, 2.75) is 0 Å². The van der Waals surface area contributed by atoms with E-state index in [1.165, 1.54) is 0 Å². The quantitative estimate of drug-likeness (QED) is 0.166. The van der Waals surface area contributed by atoms with E-state index in [9.17, 15) is 0 Å². The van der Waals surface area contributed by atoms with E-state index in [2.05, 4.69) is 17.1 Å². The topological polar surface area (TPSA) is 64.1 Å². The fourth-order valence-corrected chi connectivity index (χ4v) is 5.04. The van der Waals surface area contributed by atoms with Crippen LogP contribution in [0.2, 0.25) is 0 Å². The molecule has 0 N–H and O–H groups in total. The molecule has 1 aliphatic heterocycles. The molecule has 8 heteroatoms. The van der Waals surface area contributed by atoms with Gasteiger partial charge in [-0.05, 0) is 48.4 Å². The van der Waals surface area contributed by atoms with E-state index in [-0.39, 0.29) is 21.1 Å². The van der Waals surface area contributed by atoms with Crippen LogP contribution < -0.4 is 14.4 Å². The number of fused-ring (bicyclic) bond motifs is 6. The molecular formula is C33H20N3O4Pt-3. The molecule has 0 unspecified atom stereocenters. The molecule has 3 aromatic heterocycles. The maximum absolute atomic E-state index is 6.60. The van der Waals surface area contributed by atoms with Gasteiger partial charge in [0.25, 0.3) is 0 Å². The Labute approximate surface area is 249 Å². The van der Waals surface area contributed by atoms with Crippen molar-refractivity contribution in [3.8, 4) is 23.1 Å². The molecule has 0 saturated carbocycles. The maximum atomic E-state index is 6.60. The van der Waals surface area contributed by atoms with Crippen molar-refractivity contribution in [1.82, 2.24) is 9.88 Å². The molecule has 0 saturated heterocycles. The summed E-state index contributed by atoms with van der Waals surface area (Å²) in [7, 11) is 1.97. The van der Waals surface area contributed by atoms with Gasteiger partial charge in [0.1, 0.15) is 11.2 Å². The molecule has 0 atom stereocenters. The zero-order valence-electron chi connectivity index (χ0n) is 21.6. The van der Waals surface area contributed by atoms with Crippen LogP contribution in [0.15, 0.2) is 106 Å². The minimum atomic E-state index is 0. The third kappa shape index (κ3) is 4.39. The zero-order chi connectivity index (χ0) is 26.6. The molecule has 7 nitrogen and oxygen atoms in total. The van der Waals surface area contributed by atoms with Gasteiger partial charge in [0.2, 0.25) is 5.88 Å². The summed E-state index contributed by atoms with van der Waals surface area (Å²) in [6.45, 7) is 1.96. The SMILES string of the molecule is CN1C=CN(c2[c-]c(Oc3[c-]c(Oc4ccccn4)cc4oc5ccccc5c34)cc3c2oc2ccccc23)[CH-]1.[Pt]. The minimum absolute atomic E-state index is 0. The van der Waals surface area contributed by atoms with Crippen molar-refractivity contribution in [2.24, 2.45) is 0 Å². The molecule has 0 spiro atoms. The average Bonchev–Trinajstić information content (AvgIpc) is 3.68. The first-order valence-corrected chi connectivity index (χ1v) is 12.7. The molecule has 0 amide bonds. The Balaban J connectivity index is 0.00000276. The molecule has 1 aliphatic rings. The minimum Gasteiger partial charge on any atom is -0.514 e. The van der Waals surface area contributed by atoms with Gasteiger partial charge in [0.05, 0.1) is 0 Å². The van der Waals surface area contributed by atoms with Crippen LogP contribution in [0.4, 0.5) is 5.69 Å². The fourth-order valence-electron chi connectivity index (χ4n) is 5.04. The smallest absolute Gasteiger partial charge is 0.216 e. The number of benzene rings is 4. The molecule has 41 heavy (non-hydrogen) atoms. The summed E-state index contributed by atoms with van der Waals surface area (Å²) >= 11 is 0. The first-order valence-electron chi connectivity index (χ1n) is 12.7. The molecule has 7 aromatic rings. The summed E-state index contributed by atoms with van der Waals surface area (Å²) in [4.78, 5) is 8.20. The standard InChI is InChI=1S/C33H20N3O4.Pt/c1-35-14-15-36(20-35)26-17-21(16-25-23-8-2-4-10-27(23)40-33(25)26)37-29-18-22(38-31-12-6-7-13-34-31)19-30-32(29)24-9-3-5-11-28(24)39-30;/h2-16,19-20H,1H3;/q-3;. The first kappa shape index (κ1) is 25.2. The second kappa shape index (κ2) is 10.0. The number of furan rings is 2. The third-order valence-electron chi connectivity index (χ3n) is 6.81. The zero-order valence-corrected chi connectivity index (χ0v) is 23.9. The van der Waals surface area contributed by atoms with Gasteiger partial charge in [0.15, 0.2) is 0 Å². The first-order chi connectivity index (χ1) is 19.7. The van der Waals surface area contributed by atoms with E-state index in [0.717, 1.165) is 44.0 Å². The summed E-state index contributed by atoms with van der Waals surface area (Å²) in [5.41, 5.74) is 3.61. The Kier molecular flexibility index (Phi) is 6.17. The molecule has 8 rings (SSSR count). The number of para-hydroxylation sites is 2. The van der Waals surface area contributed by atoms with Crippen LogP contribution in [0.3, 0.4) is 0 Å². The van der Waals surface area contributed by atoms with E-state index in [4.69, 9.17) is 18.3 Å². The Morgan fingerprint density at radius 3 is 2.29 bits per heavy atom. The number of pyridine rings is 1. The average molecular weight is 718 g/mol. The molecule has 0 bridgehead atoms. The maximum Gasteiger partial charge on any atom is 0.216 e.